The van der Waals surface area contributed by atoms with E-state index in [9.17, 15) is 5.11 Å². The molecular weight excluding hydrogens is 264 g/mol. The fraction of sp³-hybridized carbons (Fsp3) is 0.500. The number of aromatic amines is 1. The Bertz CT molecular complexity index is 522. The molecule has 0 aliphatic carbocycles. The molecule has 2 aromatic rings. The molecule has 5 heteroatoms. The second-order valence-electron chi connectivity index (χ2n) is 5.29. The van der Waals surface area contributed by atoms with Gasteiger partial charge in [0.2, 0.25) is 0 Å². The molecule has 0 amide bonds. The van der Waals surface area contributed by atoms with Crippen LogP contribution in [0.1, 0.15) is 32.3 Å². The van der Waals surface area contributed by atoms with E-state index in [4.69, 9.17) is 0 Å². The van der Waals surface area contributed by atoms with Crippen molar-refractivity contribution in [3.8, 4) is 11.3 Å². The highest BCUT2D eigenvalue weighted by Gasteiger charge is 2.15. The zero-order valence-corrected chi connectivity index (χ0v) is 12.7. The van der Waals surface area contributed by atoms with Gasteiger partial charge in [0.25, 0.3) is 0 Å². The Kier molecular flexibility index (Phi) is 5.90. The van der Waals surface area contributed by atoms with E-state index >= 15 is 0 Å². The van der Waals surface area contributed by atoms with Crippen LogP contribution in [0.2, 0.25) is 0 Å². The zero-order chi connectivity index (χ0) is 15.1. The molecule has 5 nitrogen and oxygen atoms in total. The lowest BCUT2D eigenvalue weighted by molar-refractivity contribution is 0.101. The average Bonchev–Trinajstić information content (AvgIpc) is 2.98. The van der Waals surface area contributed by atoms with Gasteiger partial charge in [-0.1, -0.05) is 26.7 Å². The third-order valence-corrected chi connectivity index (χ3v) is 3.93. The third-order valence-electron chi connectivity index (χ3n) is 3.93. The minimum absolute atomic E-state index is 0.297. The van der Waals surface area contributed by atoms with Gasteiger partial charge in [0.15, 0.2) is 0 Å². The summed E-state index contributed by atoms with van der Waals surface area (Å²) in [6.07, 6.45) is 7.10. The molecule has 3 N–H and O–H groups in total. The largest absolute Gasteiger partial charge is 0.392 e. The van der Waals surface area contributed by atoms with Crippen molar-refractivity contribution in [2.75, 3.05) is 6.54 Å². The maximum Gasteiger partial charge on any atom is 0.0710 e. The highest BCUT2D eigenvalue weighted by atomic mass is 16.3. The van der Waals surface area contributed by atoms with Crippen molar-refractivity contribution in [2.24, 2.45) is 5.92 Å². The SMILES string of the molecule is CCC(CC)C(O)CNCc1cn[nH]c1-c1cccnc1. The normalized spacial score (nSPS) is 12.8. The molecule has 0 spiro atoms. The van der Waals surface area contributed by atoms with Gasteiger partial charge < -0.3 is 10.4 Å². The number of nitrogens with zero attached hydrogens (tertiary/aromatic N) is 2. The van der Waals surface area contributed by atoms with Crippen LogP contribution in [0.5, 0.6) is 0 Å². The topological polar surface area (TPSA) is 73.8 Å². The molecule has 114 valence electrons. The predicted molar refractivity (Wildman–Crippen MR) is 83.6 cm³/mol. The Morgan fingerprint density at radius 3 is 2.76 bits per heavy atom. The van der Waals surface area contributed by atoms with Gasteiger partial charge in [0.05, 0.1) is 18.0 Å². The summed E-state index contributed by atoms with van der Waals surface area (Å²) < 4.78 is 0. The quantitative estimate of drug-likeness (QED) is 0.697. The van der Waals surface area contributed by atoms with Gasteiger partial charge in [-0.05, 0) is 18.1 Å². The molecule has 0 radical (unpaired) electrons. The molecule has 0 saturated heterocycles. The van der Waals surface area contributed by atoms with Crippen LogP contribution >= 0.6 is 0 Å². The van der Waals surface area contributed by atoms with Crippen LogP contribution < -0.4 is 5.32 Å². The van der Waals surface area contributed by atoms with Gasteiger partial charge in [0, 0.05) is 36.6 Å². The zero-order valence-electron chi connectivity index (χ0n) is 12.7. The Labute approximate surface area is 125 Å². The van der Waals surface area contributed by atoms with Crippen molar-refractivity contribution >= 4 is 0 Å². The highest BCUT2D eigenvalue weighted by Crippen LogP contribution is 2.19. The van der Waals surface area contributed by atoms with Crippen molar-refractivity contribution in [1.29, 1.82) is 0 Å². The first kappa shape index (κ1) is 15.7. The van der Waals surface area contributed by atoms with Crippen LogP contribution in [0, 0.1) is 5.92 Å². The molecule has 0 aliphatic rings. The molecule has 0 fully saturated rings. The first-order valence-electron chi connectivity index (χ1n) is 7.57. The summed E-state index contributed by atoms with van der Waals surface area (Å²) in [5.74, 6) is 0.361. The number of H-pyrrole nitrogens is 1. The Morgan fingerprint density at radius 2 is 2.10 bits per heavy atom. The lowest BCUT2D eigenvalue weighted by Gasteiger charge is -2.20. The van der Waals surface area contributed by atoms with E-state index in [2.05, 4.69) is 34.3 Å². The molecule has 0 bridgehead atoms. The van der Waals surface area contributed by atoms with Crippen LogP contribution in [0.25, 0.3) is 11.3 Å². The van der Waals surface area contributed by atoms with Gasteiger partial charge >= 0.3 is 0 Å². The predicted octanol–water partition coefficient (Wildman–Crippen LogP) is 2.36. The molecule has 0 aromatic carbocycles. The van der Waals surface area contributed by atoms with Crippen LogP contribution in [0.15, 0.2) is 30.7 Å². The molecule has 0 aliphatic heterocycles. The first-order valence-corrected chi connectivity index (χ1v) is 7.57. The number of nitrogens with one attached hydrogen (secondary N) is 2. The molecule has 2 rings (SSSR count). The minimum atomic E-state index is -0.297. The monoisotopic (exact) mass is 288 g/mol. The summed E-state index contributed by atoms with van der Waals surface area (Å²) in [7, 11) is 0. The molecular formula is C16H24N4O. The molecule has 0 saturated carbocycles. The Balaban J connectivity index is 1.92. The van der Waals surface area contributed by atoms with E-state index in [1.54, 1.807) is 6.20 Å². The van der Waals surface area contributed by atoms with Gasteiger partial charge in [-0.25, -0.2) is 0 Å². The highest BCUT2D eigenvalue weighted by molar-refractivity contribution is 5.61. The Morgan fingerprint density at radius 1 is 1.29 bits per heavy atom. The van der Waals surface area contributed by atoms with Crippen LogP contribution in [0.3, 0.4) is 0 Å². The van der Waals surface area contributed by atoms with Crippen molar-refractivity contribution in [3.63, 3.8) is 0 Å². The van der Waals surface area contributed by atoms with Crippen LogP contribution in [0.4, 0.5) is 0 Å². The second-order valence-corrected chi connectivity index (χ2v) is 5.29. The molecule has 1 atom stereocenters. The second kappa shape index (κ2) is 7.90. The van der Waals surface area contributed by atoms with E-state index < -0.39 is 0 Å². The van der Waals surface area contributed by atoms with Crippen LogP contribution in [-0.4, -0.2) is 32.9 Å². The minimum Gasteiger partial charge on any atom is -0.392 e. The number of rotatable bonds is 8. The van der Waals surface area contributed by atoms with Gasteiger partial charge in [0.1, 0.15) is 0 Å². The number of aromatic nitrogens is 3. The smallest absolute Gasteiger partial charge is 0.0710 e. The number of aliphatic hydroxyl groups excluding tert-OH is 1. The summed E-state index contributed by atoms with van der Waals surface area (Å²) in [5.41, 5.74) is 3.08. The summed E-state index contributed by atoms with van der Waals surface area (Å²) in [4.78, 5) is 4.13. The van der Waals surface area contributed by atoms with Crippen molar-refractivity contribution in [3.05, 3.63) is 36.3 Å². The van der Waals surface area contributed by atoms with E-state index in [1.807, 2.05) is 24.5 Å². The average molecular weight is 288 g/mol. The van der Waals surface area contributed by atoms with Crippen molar-refractivity contribution in [1.82, 2.24) is 20.5 Å². The maximum absolute atomic E-state index is 10.1. The number of hydrogen-bond donors (Lipinski definition) is 3. The van der Waals surface area contributed by atoms with E-state index in [0.29, 0.717) is 19.0 Å². The Hall–Kier alpha value is -1.72. The molecule has 2 aromatic heterocycles. The summed E-state index contributed by atoms with van der Waals surface area (Å²) >= 11 is 0. The van der Waals surface area contributed by atoms with Gasteiger partial charge in [-0.3, -0.25) is 10.1 Å². The summed E-state index contributed by atoms with van der Waals surface area (Å²) in [6, 6.07) is 3.91. The van der Waals surface area contributed by atoms with Crippen molar-refractivity contribution in [2.45, 2.75) is 39.3 Å². The molecule has 21 heavy (non-hydrogen) atoms. The first-order chi connectivity index (χ1) is 10.3. The summed E-state index contributed by atoms with van der Waals surface area (Å²) in [6.45, 7) is 5.52. The van der Waals surface area contributed by atoms with Crippen LogP contribution in [-0.2, 0) is 6.54 Å². The fourth-order valence-electron chi connectivity index (χ4n) is 2.56. The summed E-state index contributed by atoms with van der Waals surface area (Å²) in [5, 5.41) is 20.6. The fourth-order valence-corrected chi connectivity index (χ4v) is 2.56. The lowest BCUT2D eigenvalue weighted by atomic mass is 9.96. The standard InChI is InChI=1S/C16H24N4O/c1-3-12(4-2)15(21)11-18-9-14-10-19-20-16(14)13-6-5-7-17-8-13/h5-8,10,12,15,18,21H,3-4,9,11H2,1-2H3,(H,19,20). The van der Waals surface area contributed by atoms with Crippen molar-refractivity contribution < 1.29 is 5.11 Å². The molecule has 2 heterocycles. The van der Waals surface area contributed by atoms with E-state index in [1.165, 1.54) is 0 Å². The maximum atomic E-state index is 10.1. The van der Waals surface area contributed by atoms with Gasteiger partial charge in [-0.2, -0.15) is 5.10 Å². The molecule has 1 unspecified atom stereocenters. The number of pyridine rings is 1. The van der Waals surface area contributed by atoms with E-state index in [-0.39, 0.29) is 6.10 Å². The van der Waals surface area contributed by atoms with E-state index in [0.717, 1.165) is 29.7 Å². The number of aliphatic hydroxyl groups is 1. The number of hydrogen-bond acceptors (Lipinski definition) is 4. The van der Waals surface area contributed by atoms with Gasteiger partial charge in [-0.15, -0.1) is 0 Å². The lowest BCUT2D eigenvalue weighted by Crippen LogP contribution is -2.32. The third kappa shape index (κ3) is 4.12.